The lowest BCUT2D eigenvalue weighted by molar-refractivity contribution is 0.0493. The van der Waals surface area contributed by atoms with Crippen molar-refractivity contribution in [3.05, 3.63) is 48.0 Å². The molecule has 2 aromatic carbocycles. The number of sulfonamides is 1. The molecule has 3 rings (SSSR count). The van der Waals surface area contributed by atoms with E-state index in [1.807, 2.05) is 38.1 Å². The third-order valence-corrected chi connectivity index (χ3v) is 8.52. The monoisotopic (exact) mass is 493 g/mol. The average molecular weight is 494 g/mol. The smallest absolute Gasteiger partial charge is 0.264 e. The van der Waals surface area contributed by atoms with Crippen molar-refractivity contribution in [1.29, 1.82) is 0 Å². The lowest BCUT2D eigenvalue weighted by Gasteiger charge is -2.27. The molecule has 8 heteroatoms. The Morgan fingerprint density at radius 1 is 1.15 bits per heavy atom. The first-order valence-electron chi connectivity index (χ1n) is 11.5. The second kappa shape index (κ2) is 11.6. The van der Waals surface area contributed by atoms with Gasteiger partial charge in [-0.2, -0.15) is 0 Å². The molecule has 1 atom stereocenters. The summed E-state index contributed by atoms with van der Waals surface area (Å²) in [5.41, 5.74) is 1.77. The molecule has 2 aromatic rings. The Morgan fingerprint density at radius 2 is 1.82 bits per heavy atom. The van der Waals surface area contributed by atoms with Crippen molar-refractivity contribution >= 4 is 26.9 Å². The van der Waals surface area contributed by atoms with E-state index >= 15 is 0 Å². The Hall–Kier alpha value is -1.74. The number of hydrogen-bond donors (Lipinski definition) is 0. The summed E-state index contributed by atoms with van der Waals surface area (Å²) in [6.07, 6.45) is 4.29. The molecule has 182 valence electrons. The number of aryl methyl sites for hydroxylation is 1. The van der Waals surface area contributed by atoms with E-state index in [-0.39, 0.29) is 10.8 Å². The maximum Gasteiger partial charge on any atom is 0.264 e. The molecule has 1 heterocycles. The zero-order chi connectivity index (χ0) is 24.0. The van der Waals surface area contributed by atoms with Gasteiger partial charge in [-0.05, 0) is 72.1 Å². The minimum Gasteiger partial charge on any atom is -0.612 e. The van der Waals surface area contributed by atoms with Crippen LogP contribution < -0.4 is 9.04 Å². The number of ether oxygens (including phenoxy) is 2. The first-order chi connectivity index (χ1) is 15.7. The molecule has 0 N–H and O–H groups in total. The highest BCUT2D eigenvalue weighted by Crippen LogP contribution is 2.32. The highest BCUT2D eigenvalue weighted by atomic mass is 32.2. The topological polar surface area (TPSA) is 78.9 Å². The molecule has 0 spiro atoms. The summed E-state index contributed by atoms with van der Waals surface area (Å²) in [6.45, 7) is 8.34. The Labute approximate surface area is 201 Å². The van der Waals surface area contributed by atoms with Crippen molar-refractivity contribution in [2.75, 3.05) is 36.9 Å². The van der Waals surface area contributed by atoms with Gasteiger partial charge in [0.05, 0.1) is 17.2 Å². The Balaban J connectivity index is 1.90. The summed E-state index contributed by atoms with van der Waals surface area (Å²) in [4.78, 5) is 0.514. The third-order valence-electron chi connectivity index (χ3n) is 5.79. The van der Waals surface area contributed by atoms with E-state index in [0.29, 0.717) is 35.4 Å². The first kappa shape index (κ1) is 25.9. The van der Waals surface area contributed by atoms with E-state index in [2.05, 4.69) is 6.92 Å². The Morgan fingerprint density at radius 3 is 2.39 bits per heavy atom. The van der Waals surface area contributed by atoms with Crippen molar-refractivity contribution < 1.29 is 22.4 Å². The molecule has 1 aliphatic heterocycles. The zero-order valence-electron chi connectivity index (χ0n) is 20.0. The van der Waals surface area contributed by atoms with Crippen LogP contribution in [0.3, 0.4) is 0 Å². The summed E-state index contributed by atoms with van der Waals surface area (Å²) in [5, 5.41) is 0. The van der Waals surface area contributed by atoms with Crippen LogP contribution in [-0.2, 0) is 32.4 Å². The average Bonchev–Trinajstić information content (AvgIpc) is 2.81. The first-order valence-corrected chi connectivity index (χ1v) is 14.5. The fraction of sp³-hybridized carbons (Fsp3) is 0.520. The van der Waals surface area contributed by atoms with Crippen LogP contribution in [-0.4, -0.2) is 45.6 Å². The van der Waals surface area contributed by atoms with Crippen molar-refractivity contribution in [1.82, 2.24) is 0 Å². The quantitative estimate of drug-likeness (QED) is 0.451. The molecule has 0 aromatic heterocycles. The van der Waals surface area contributed by atoms with E-state index in [4.69, 9.17) is 9.47 Å². The third kappa shape index (κ3) is 6.66. The van der Waals surface area contributed by atoms with E-state index in [1.165, 1.54) is 10.4 Å². The molecule has 0 bridgehead atoms. The van der Waals surface area contributed by atoms with Crippen LogP contribution in [0.4, 0.5) is 5.69 Å². The van der Waals surface area contributed by atoms with Crippen molar-refractivity contribution in [3.8, 4) is 5.75 Å². The minimum absolute atomic E-state index is 0.117. The van der Waals surface area contributed by atoms with Gasteiger partial charge in [0.25, 0.3) is 10.0 Å². The molecular weight excluding hydrogens is 458 g/mol. The second-order valence-corrected chi connectivity index (χ2v) is 12.1. The fourth-order valence-corrected chi connectivity index (χ4v) is 6.25. The standard InChI is InChI=1S/C25H35NO5S2/c1-5-20-6-8-22(9-7-20)26(17-19(2)3)33(28,29)23-10-11-24(25(16-23)32(4)27)31-18-21-12-14-30-15-13-21/h6-11,16,19,21H,5,12-15,17-18H2,1-4H3/t32-/m0/s1. The molecule has 1 fully saturated rings. The zero-order valence-corrected chi connectivity index (χ0v) is 21.6. The molecule has 0 saturated carbocycles. The lowest BCUT2D eigenvalue weighted by Crippen LogP contribution is -2.34. The fourth-order valence-electron chi connectivity index (χ4n) is 3.81. The van der Waals surface area contributed by atoms with Gasteiger partial charge in [-0.15, -0.1) is 0 Å². The van der Waals surface area contributed by atoms with E-state index in [0.717, 1.165) is 38.0 Å². The number of rotatable bonds is 10. The van der Waals surface area contributed by atoms with Crippen LogP contribution in [0.2, 0.25) is 0 Å². The van der Waals surface area contributed by atoms with Crippen LogP contribution in [0.25, 0.3) is 0 Å². The Kier molecular flexibility index (Phi) is 9.09. The van der Waals surface area contributed by atoms with Gasteiger partial charge in [0, 0.05) is 25.8 Å². The predicted molar refractivity (Wildman–Crippen MR) is 133 cm³/mol. The lowest BCUT2D eigenvalue weighted by atomic mass is 10.0. The molecule has 1 aliphatic rings. The summed E-state index contributed by atoms with van der Waals surface area (Å²) in [5.74, 6) is 0.990. The Bertz CT molecular complexity index is 1000. The van der Waals surface area contributed by atoms with Gasteiger partial charge in [0.15, 0.2) is 10.6 Å². The summed E-state index contributed by atoms with van der Waals surface area (Å²) in [7, 11) is -3.85. The van der Waals surface area contributed by atoms with Gasteiger partial charge in [-0.1, -0.05) is 32.9 Å². The van der Waals surface area contributed by atoms with Gasteiger partial charge in [0.1, 0.15) is 6.26 Å². The van der Waals surface area contributed by atoms with E-state index in [1.54, 1.807) is 18.4 Å². The summed E-state index contributed by atoms with van der Waals surface area (Å²) >= 11 is -1.40. The number of nitrogens with zero attached hydrogens (tertiary/aromatic N) is 1. The van der Waals surface area contributed by atoms with Crippen LogP contribution in [0.5, 0.6) is 5.75 Å². The van der Waals surface area contributed by atoms with E-state index < -0.39 is 21.2 Å². The molecule has 0 unspecified atom stereocenters. The molecule has 0 aliphatic carbocycles. The highest BCUT2D eigenvalue weighted by molar-refractivity contribution is 7.93. The van der Waals surface area contributed by atoms with Crippen molar-refractivity contribution in [2.45, 2.75) is 49.8 Å². The van der Waals surface area contributed by atoms with Crippen molar-refractivity contribution in [2.24, 2.45) is 11.8 Å². The number of benzene rings is 2. The molecule has 1 saturated heterocycles. The maximum atomic E-state index is 13.7. The normalized spacial score (nSPS) is 16.1. The number of hydrogen-bond acceptors (Lipinski definition) is 5. The molecule has 6 nitrogen and oxygen atoms in total. The molecule has 33 heavy (non-hydrogen) atoms. The predicted octanol–water partition coefficient (Wildman–Crippen LogP) is 4.64. The summed E-state index contributed by atoms with van der Waals surface area (Å²) in [6, 6.07) is 12.3. The summed E-state index contributed by atoms with van der Waals surface area (Å²) < 4.78 is 52.7. The van der Waals surface area contributed by atoms with Crippen molar-refractivity contribution in [3.63, 3.8) is 0 Å². The molecule has 0 radical (unpaired) electrons. The van der Waals surface area contributed by atoms with Crippen LogP contribution >= 0.6 is 0 Å². The van der Waals surface area contributed by atoms with Gasteiger partial charge < -0.3 is 14.0 Å². The van der Waals surface area contributed by atoms with Crippen LogP contribution in [0.15, 0.2) is 52.3 Å². The molecule has 0 amide bonds. The SMILES string of the molecule is CCc1ccc(N(CC(C)C)S(=O)(=O)c2ccc(OCC3CCOCC3)c([S@+](C)[O-])c2)cc1. The molecular formula is C25H35NO5S2. The van der Waals surface area contributed by atoms with E-state index in [9.17, 15) is 13.0 Å². The van der Waals surface area contributed by atoms with Crippen LogP contribution in [0, 0.1) is 11.8 Å². The number of anilines is 1. The minimum atomic E-state index is -3.85. The maximum absolute atomic E-state index is 13.7. The van der Waals surface area contributed by atoms with Gasteiger partial charge in [-0.3, -0.25) is 4.31 Å². The second-order valence-electron chi connectivity index (χ2n) is 8.88. The largest absolute Gasteiger partial charge is 0.612 e. The van der Waals surface area contributed by atoms with Crippen LogP contribution in [0.1, 0.15) is 39.2 Å². The van der Waals surface area contributed by atoms with Gasteiger partial charge in [0.2, 0.25) is 0 Å². The van der Waals surface area contributed by atoms with Gasteiger partial charge >= 0.3 is 0 Å². The van der Waals surface area contributed by atoms with Gasteiger partial charge in [-0.25, -0.2) is 8.42 Å². The highest BCUT2D eigenvalue weighted by Gasteiger charge is 2.28.